The van der Waals surface area contributed by atoms with Crippen molar-refractivity contribution in [2.45, 2.75) is 107 Å². The van der Waals surface area contributed by atoms with E-state index in [1.165, 1.54) is 30.1 Å². The summed E-state index contributed by atoms with van der Waals surface area (Å²) in [5.74, 6) is -1.52. The molecule has 1 aromatic heterocycles. The van der Waals surface area contributed by atoms with Crippen molar-refractivity contribution in [3.05, 3.63) is 82.0 Å². The van der Waals surface area contributed by atoms with E-state index in [0.717, 1.165) is 28.0 Å². The number of nitrogens with one attached hydrogen (secondary N) is 4. The van der Waals surface area contributed by atoms with Gasteiger partial charge in [-0.3, -0.25) is 14.2 Å². The van der Waals surface area contributed by atoms with Gasteiger partial charge in [0.15, 0.2) is 0 Å². The predicted molar refractivity (Wildman–Crippen MR) is 201 cm³/mol. The molecule has 300 valence electrons. The number of benzene rings is 2. The van der Waals surface area contributed by atoms with Crippen molar-refractivity contribution in [3.8, 4) is 0 Å². The molecule has 8 rings (SSSR count). The van der Waals surface area contributed by atoms with Crippen LogP contribution in [0.15, 0.2) is 64.4 Å². The molecule has 5 aliphatic rings. The second kappa shape index (κ2) is 14.7. The van der Waals surface area contributed by atoms with E-state index in [2.05, 4.69) is 40.1 Å². The maximum atomic E-state index is 14.3. The van der Waals surface area contributed by atoms with Gasteiger partial charge in [-0.2, -0.15) is 13.2 Å². The zero-order valence-electron chi connectivity index (χ0n) is 31.5. The van der Waals surface area contributed by atoms with Crippen LogP contribution in [-0.2, 0) is 32.4 Å². The third-order valence-electron chi connectivity index (χ3n) is 12.1. The Morgan fingerprint density at radius 1 is 1.07 bits per heavy atom. The highest BCUT2D eigenvalue weighted by atomic mass is 32.2. The van der Waals surface area contributed by atoms with Gasteiger partial charge in [-0.05, 0) is 80.0 Å². The molecule has 4 fully saturated rings. The van der Waals surface area contributed by atoms with Crippen molar-refractivity contribution in [2.75, 3.05) is 16.9 Å². The molecule has 0 spiro atoms. The van der Waals surface area contributed by atoms with Crippen LogP contribution in [0.5, 0.6) is 0 Å². The van der Waals surface area contributed by atoms with Gasteiger partial charge < -0.3 is 30.6 Å². The Morgan fingerprint density at radius 3 is 2.52 bits per heavy atom. The number of halogens is 5. The minimum Gasteiger partial charge on any atom is -0.404 e. The zero-order valence-corrected chi connectivity index (χ0v) is 32.3. The first-order valence-electron chi connectivity index (χ1n) is 18.5. The molecule has 3 aromatic rings. The van der Waals surface area contributed by atoms with Crippen LogP contribution < -0.4 is 26.8 Å². The lowest BCUT2D eigenvalue weighted by molar-refractivity contribution is -0.185. The Morgan fingerprint density at radius 2 is 1.82 bits per heavy atom. The van der Waals surface area contributed by atoms with E-state index in [0.29, 0.717) is 18.0 Å². The number of alkyl halides is 5. The number of rotatable bonds is 11. The fraction of sp³-hybridized carbons (Fsp3) is 0.526. The van der Waals surface area contributed by atoms with Gasteiger partial charge in [0.25, 0.3) is 5.56 Å². The van der Waals surface area contributed by atoms with Gasteiger partial charge >= 0.3 is 19.3 Å². The third kappa shape index (κ3) is 7.39. The second-order valence-electron chi connectivity index (χ2n) is 16.2. The highest BCUT2D eigenvalue weighted by Crippen LogP contribution is 2.64. The molecule has 11 nitrogen and oxygen atoms in total. The van der Waals surface area contributed by atoms with Gasteiger partial charge in [0.1, 0.15) is 17.6 Å². The summed E-state index contributed by atoms with van der Waals surface area (Å²) in [4.78, 5) is 47.3. The minimum atomic E-state index is -4.57. The number of nitrogens with zero attached hydrogens (tertiary/aromatic N) is 2. The summed E-state index contributed by atoms with van der Waals surface area (Å²) in [6, 6.07) is 9.72. The number of fused-ring (bicyclic) bond motifs is 1. The first kappa shape index (κ1) is 40.1. The van der Waals surface area contributed by atoms with E-state index in [4.69, 9.17) is 9.31 Å². The van der Waals surface area contributed by atoms with Gasteiger partial charge in [0.2, 0.25) is 12.3 Å². The number of carbonyl (C=O) groups is 2. The van der Waals surface area contributed by atoms with Gasteiger partial charge in [-0.15, -0.1) is 11.8 Å². The summed E-state index contributed by atoms with van der Waals surface area (Å²) in [6.07, 6.45) is -4.06. The average Bonchev–Trinajstić information content (AvgIpc) is 3.65. The van der Waals surface area contributed by atoms with Crippen LogP contribution in [0, 0.1) is 17.3 Å². The fourth-order valence-electron chi connectivity index (χ4n) is 9.01. The summed E-state index contributed by atoms with van der Waals surface area (Å²) in [5, 5.41) is 11.2. The Balaban J connectivity index is 1.17. The van der Waals surface area contributed by atoms with E-state index >= 15 is 0 Å². The lowest BCUT2D eigenvalue weighted by atomic mass is 9.45. The van der Waals surface area contributed by atoms with Crippen LogP contribution in [0.25, 0.3) is 0 Å². The van der Waals surface area contributed by atoms with Gasteiger partial charge in [-0.1, -0.05) is 38.1 Å². The summed E-state index contributed by atoms with van der Waals surface area (Å²) in [7, 11) is -1.18. The van der Waals surface area contributed by atoms with Crippen LogP contribution in [0.2, 0.25) is 0 Å². The molecular formula is C38H44BF5N6O5S. The molecule has 2 unspecified atom stereocenters. The molecule has 2 aliphatic heterocycles. The maximum absolute atomic E-state index is 14.3. The molecule has 18 heteroatoms. The Bertz CT molecular complexity index is 2070. The summed E-state index contributed by atoms with van der Waals surface area (Å²) >= 11 is 1.42. The number of aromatic nitrogens is 2. The van der Waals surface area contributed by atoms with Gasteiger partial charge in [0, 0.05) is 24.3 Å². The number of carbonyl (C=O) groups excluding carboxylic acids is 2. The smallest absolute Gasteiger partial charge is 0.404 e. The monoisotopic (exact) mass is 802 g/mol. The van der Waals surface area contributed by atoms with Crippen molar-refractivity contribution < 1.29 is 40.8 Å². The van der Waals surface area contributed by atoms with Crippen LogP contribution >= 0.6 is 11.8 Å². The predicted octanol–water partition coefficient (Wildman–Crippen LogP) is 6.99. The fourth-order valence-corrected chi connectivity index (χ4v) is 9.56. The molecule has 3 heterocycles. The molecule has 3 amide bonds. The number of amides is 3. The summed E-state index contributed by atoms with van der Waals surface area (Å²) < 4.78 is 82.3. The molecule has 3 aliphatic carbocycles. The van der Waals surface area contributed by atoms with Gasteiger partial charge in [0.05, 0.1) is 40.6 Å². The standard InChI is InChI=1S/C38H44BF5N6O5S/c1-35(2)22-14-23(35)30-37(4,16-22)55-39(54-30)28(15-29(40)41)48-31(51)26-17-36(3,49-34(53)47-24-11-6-7-12-27(24)56-5)33-46-19-25(32(52)50(26)33)45-18-20-9-8-10-21(13-20)38(42,43)44/h6-13,19,22-23,26,28-30,45H,14-18H2,1-5H3,(H,48,51)(H2,47,49,53)/t22?,23?,26-,28-,30+,36+,37-/m0/s1. The highest BCUT2D eigenvalue weighted by molar-refractivity contribution is 7.98. The SMILES string of the molecule is CSc1ccccc1NC(=O)N[C@]1(C)C[C@@H](C(=O)N[C@@H](CC(F)F)B2O[C@@H]3C4CC(C[C@]3(C)O2)C4(C)C)n2c1ncc(NCc1cccc(C(F)(F)F)c1)c2=O. The number of anilines is 2. The molecule has 4 N–H and O–H groups in total. The Hall–Kier alpha value is -4.16. The molecule has 2 bridgehead atoms. The number of thioether (sulfide) groups is 1. The van der Waals surface area contributed by atoms with Gasteiger partial charge in [-0.25, -0.2) is 18.6 Å². The van der Waals surface area contributed by atoms with Crippen molar-refractivity contribution in [2.24, 2.45) is 17.3 Å². The van der Waals surface area contributed by atoms with Crippen molar-refractivity contribution >= 4 is 42.2 Å². The molecule has 1 saturated heterocycles. The molecule has 0 radical (unpaired) electrons. The van der Waals surface area contributed by atoms with Crippen LogP contribution in [0.1, 0.15) is 76.4 Å². The Kier molecular flexibility index (Phi) is 10.5. The van der Waals surface area contributed by atoms with E-state index in [1.54, 1.807) is 19.1 Å². The van der Waals surface area contributed by atoms with E-state index < -0.39 is 72.3 Å². The number of para-hydroxylation sites is 1. The summed E-state index contributed by atoms with van der Waals surface area (Å²) in [6.45, 7) is 7.65. The van der Waals surface area contributed by atoms with Crippen LogP contribution in [0.4, 0.5) is 38.1 Å². The zero-order chi connectivity index (χ0) is 40.4. The molecule has 3 saturated carbocycles. The first-order chi connectivity index (χ1) is 26.3. The van der Waals surface area contributed by atoms with Crippen molar-refractivity contribution in [3.63, 3.8) is 0 Å². The molecule has 2 aromatic carbocycles. The molecular weight excluding hydrogens is 758 g/mol. The number of urea groups is 1. The number of hydrogen-bond donors (Lipinski definition) is 4. The van der Waals surface area contributed by atoms with Crippen molar-refractivity contribution in [1.82, 2.24) is 20.2 Å². The largest absolute Gasteiger partial charge is 0.481 e. The topological polar surface area (TPSA) is 136 Å². The van der Waals surface area contributed by atoms with Crippen LogP contribution in [-0.4, -0.2) is 58.9 Å². The first-order valence-corrected chi connectivity index (χ1v) is 19.7. The highest BCUT2D eigenvalue weighted by Gasteiger charge is 2.67. The molecule has 7 atom stereocenters. The van der Waals surface area contributed by atoms with E-state index in [-0.39, 0.29) is 47.5 Å². The van der Waals surface area contributed by atoms with Crippen molar-refractivity contribution in [1.29, 1.82) is 0 Å². The molecule has 56 heavy (non-hydrogen) atoms. The second-order valence-corrected chi connectivity index (χ2v) is 17.1. The normalized spacial score (nSPS) is 27.9. The van der Waals surface area contributed by atoms with E-state index in [1.807, 2.05) is 25.3 Å². The third-order valence-corrected chi connectivity index (χ3v) is 12.9. The average molecular weight is 803 g/mol. The Labute approximate surface area is 325 Å². The number of hydrogen-bond acceptors (Lipinski definition) is 8. The lowest BCUT2D eigenvalue weighted by Gasteiger charge is -2.63. The quantitative estimate of drug-likeness (QED) is 0.0927. The summed E-state index contributed by atoms with van der Waals surface area (Å²) in [5.41, 5.74) is -3.13. The van der Waals surface area contributed by atoms with E-state index in [9.17, 15) is 36.3 Å². The lowest BCUT2D eigenvalue weighted by Crippen LogP contribution is -2.63. The van der Waals surface area contributed by atoms with Crippen LogP contribution in [0.3, 0.4) is 0 Å². The minimum absolute atomic E-state index is 0.000310. The maximum Gasteiger partial charge on any atom is 0.481 e.